The topological polar surface area (TPSA) is 92.9 Å². The third kappa shape index (κ3) is 3.13. The molecule has 0 fully saturated rings. The quantitative estimate of drug-likeness (QED) is 0.597. The van der Waals surface area contributed by atoms with Gasteiger partial charge in [0.2, 0.25) is 0 Å². The maximum absolute atomic E-state index is 13.0. The highest BCUT2D eigenvalue weighted by Gasteiger charge is 2.14. The molecule has 0 bridgehead atoms. The zero-order chi connectivity index (χ0) is 14.7. The molecule has 0 aliphatic rings. The van der Waals surface area contributed by atoms with Crippen molar-refractivity contribution < 1.29 is 9.18 Å². The van der Waals surface area contributed by atoms with Gasteiger partial charge in [0.15, 0.2) is 11.5 Å². The predicted octanol–water partition coefficient (Wildman–Crippen LogP) is 2.46. The Balaban J connectivity index is 2.23. The van der Waals surface area contributed by atoms with Crippen molar-refractivity contribution in [2.75, 3.05) is 10.7 Å². The smallest absolute Gasteiger partial charge is 0.276 e. The third-order valence-electron chi connectivity index (χ3n) is 2.29. The van der Waals surface area contributed by atoms with Gasteiger partial charge in [0.1, 0.15) is 5.82 Å². The molecule has 2 rings (SSSR count). The fraction of sp³-hybridized carbons (Fsp3) is 0. The van der Waals surface area contributed by atoms with E-state index >= 15 is 0 Å². The fourth-order valence-electron chi connectivity index (χ4n) is 1.37. The average molecular weight is 316 g/mol. The Morgan fingerprint density at radius 3 is 2.35 bits per heavy atom. The maximum atomic E-state index is 13.0. The number of hydrogen-bond acceptors (Lipinski definition) is 5. The van der Waals surface area contributed by atoms with Crippen molar-refractivity contribution in [2.45, 2.75) is 0 Å². The molecule has 0 aliphatic heterocycles. The molecule has 0 radical (unpaired) electrons. The Kier molecular flexibility index (Phi) is 4.33. The summed E-state index contributed by atoms with van der Waals surface area (Å²) in [5.41, 5.74) is 2.41. The van der Waals surface area contributed by atoms with Crippen LogP contribution in [-0.2, 0) is 0 Å². The molecule has 0 spiro atoms. The van der Waals surface area contributed by atoms with Gasteiger partial charge < -0.3 is 10.7 Å². The Morgan fingerprint density at radius 2 is 1.85 bits per heavy atom. The average Bonchev–Trinajstić information content (AvgIpc) is 2.42. The van der Waals surface area contributed by atoms with Gasteiger partial charge in [0, 0.05) is 0 Å². The van der Waals surface area contributed by atoms with Gasteiger partial charge in [-0.2, -0.15) is 0 Å². The van der Waals surface area contributed by atoms with Crippen molar-refractivity contribution in [3.8, 4) is 0 Å². The third-order valence-corrected chi connectivity index (χ3v) is 2.89. The molecule has 0 unspecified atom stereocenters. The summed E-state index contributed by atoms with van der Waals surface area (Å²) in [6, 6.07) is 4.95. The highest BCUT2D eigenvalue weighted by Crippen LogP contribution is 2.31. The zero-order valence-corrected chi connectivity index (χ0v) is 11.3. The number of anilines is 2. The molecule has 104 valence electrons. The van der Waals surface area contributed by atoms with Crippen molar-refractivity contribution in [2.24, 2.45) is 5.84 Å². The molecule has 20 heavy (non-hydrogen) atoms. The second-order valence-electron chi connectivity index (χ2n) is 3.65. The summed E-state index contributed by atoms with van der Waals surface area (Å²) in [7, 11) is 0. The van der Waals surface area contributed by atoms with Crippen LogP contribution >= 0.6 is 23.2 Å². The van der Waals surface area contributed by atoms with Crippen LogP contribution in [0.2, 0.25) is 10.0 Å². The maximum Gasteiger partial charge on any atom is 0.276 e. The van der Waals surface area contributed by atoms with E-state index in [2.05, 4.69) is 20.9 Å². The summed E-state index contributed by atoms with van der Waals surface area (Å²) in [6.07, 6.45) is 0. The Morgan fingerprint density at radius 1 is 1.20 bits per heavy atom. The Hall–Kier alpha value is -1.96. The lowest BCUT2D eigenvalue weighted by Crippen LogP contribution is -2.16. The van der Waals surface area contributed by atoms with E-state index in [-0.39, 0.29) is 21.4 Å². The molecule has 9 heteroatoms. The number of hydrogen-bond donors (Lipinski definition) is 3. The number of benzene rings is 1. The zero-order valence-electron chi connectivity index (χ0n) is 9.82. The van der Waals surface area contributed by atoms with Crippen LogP contribution in [0.3, 0.4) is 0 Å². The summed E-state index contributed by atoms with van der Waals surface area (Å²) in [5.74, 6) is 4.25. The number of aromatic nitrogens is 2. The van der Waals surface area contributed by atoms with Crippen molar-refractivity contribution in [1.82, 2.24) is 10.2 Å². The normalized spacial score (nSPS) is 10.2. The molecule has 0 saturated heterocycles. The second kappa shape index (κ2) is 6.00. The van der Waals surface area contributed by atoms with E-state index < -0.39 is 11.7 Å². The van der Waals surface area contributed by atoms with Crippen LogP contribution in [0.5, 0.6) is 0 Å². The first kappa shape index (κ1) is 14.4. The van der Waals surface area contributed by atoms with Crippen LogP contribution < -0.4 is 16.6 Å². The van der Waals surface area contributed by atoms with E-state index in [9.17, 15) is 9.18 Å². The molecule has 1 aromatic heterocycles. The number of nitrogen functional groups attached to an aromatic ring is 1. The van der Waals surface area contributed by atoms with Gasteiger partial charge in [0.05, 0.1) is 15.7 Å². The molecule has 0 saturated carbocycles. The van der Waals surface area contributed by atoms with Gasteiger partial charge in [-0.1, -0.05) is 23.2 Å². The molecule has 1 heterocycles. The van der Waals surface area contributed by atoms with E-state index in [4.69, 9.17) is 29.0 Å². The lowest BCUT2D eigenvalue weighted by molar-refractivity contribution is 0.102. The summed E-state index contributed by atoms with van der Waals surface area (Å²) in [6.45, 7) is 0. The van der Waals surface area contributed by atoms with Crippen molar-refractivity contribution in [3.63, 3.8) is 0 Å². The van der Waals surface area contributed by atoms with E-state index in [1.54, 1.807) is 0 Å². The van der Waals surface area contributed by atoms with Crippen LogP contribution in [0.4, 0.5) is 15.9 Å². The summed E-state index contributed by atoms with van der Waals surface area (Å²) < 4.78 is 13.0. The van der Waals surface area contributed by atoms with Crippen LogP contribution in [-0.4, -0.2) is 16.1 Å². The van der Waals surface area contributed by atoms with Crippen molar-refractivity contribution in [3.05, 3.63) is 45.8 Å². The van der Waals surface area contributed by atoms with Crippen molar-refractivity contribution in [1.29, 1.82) is 0 Å². The Bertz CT molecular complexity index is 627. The first-order valence-electron chi connectivity index (χ1n) is 5.27. The van der Waals surface area contributed by atoms with Gasteiger partial charge in [-0.05, 0) is 24.3 Å². The number of hydrazine groups is 1. The largest absolute Gasteiger partial charge is 0.318 e. The van der Waals surface area contributed by atoms with Gasteiger partial charge in [-0.25, -0.2) is 10.2 Å². The molecular weight excluding hydrogens is 308 g/mol. The monoisotopic (exact) mass is 315 g/mol. The lowest BCUT2D eigenvalue weighted by Gasteiger charge is -2.09. The van der Waals surface area contributed by atoms with Gasteiger partial charge in [-0.3, -0.25) is 4.79 Å². The number of amides is 1. The van der Waals surface area contributed by atoms with E-state index in [1.165, 1.54) is 12.1 Å². The molecule has 0 atom stereocenters. The fourth-order valence-corrected chi connectivity index (χ4v) is 1.92. The summed E-state index contributed by atoms with van der Waals surface area (Å²) in [4.78, 5) is 11.9. The van der Waals surface area contributed by atoms with Gasteiger partial charge >= 0.3 is 0 Å². The van der Waals surface area contributed by atoms with Crippen LogP contribution in [0.15, 0.2) is 24.3 Å². The van der Waals surface area contributed by atoms with Crippen LogP contribution in [0, 0.1) is 5.82 Å². The predicted molar refractivity (Wildman–Crippen MR) is 74.2 cm³/mol. The van der Waals surface area contributed by atoms with Gasteiger partial charge in [0.25, 0.3) is 5.91 Å². The van der Waals surface area contributed by atoms with E-state index in [0.29, 0.717) is 5.82 Å². The minimum Gasteiger partial charge on any atom is -0.318 e. The number of nitrogens with one attached hydrogen (secondary N) is 2. The number of halogens is 3. The number of carbonyl (C=O) groups is 1. The molecule has 6 nitrogen and oxygen atoms in total. The van der Waals surface area contributed by atoms with Crippen molar-refractivity contribution >= 4 is 40.6 Å². The number of nitrogens with zero attached hydrogens (tertiary/aromatic N) is 2. The molecule has 1 aromatic carbocycles. The molecule has 0 aliphatic carbocycles. The van der Waals surface area contributed by atoms with E-state index in [1.807, 2.05) is 0 Å². The molecule has 4 N–H and O–H groups in total. The summed E-state index contributed by atoms with van der Waals surface area (Å²) in [5, 5.41) is 9.71. The highest BCUT2D eigenvalue weighted by atomic mass is 35.5. The first-order valence-corrected chi connectivity index (χ1v) is 6.03. The number of rotatable bonds is 3. The second-order valence-corrected chi connectivity index (χ2v) is 4.46. The standard InChI is InChI=1S/C11H8Cl2FN5O/c12-6-3-5(14)4-7(13)10(6)16-11(20)8-1-2-9(17-15)19-18-8/h1-4H,15H2,(H,16,20)(H,17,19). The SMILES string of the molecule is NNc1ccc(C(=O)Nc2c(Cl)cc(F)cc2Cl)nn1. The van der Waals surface area contributed by atoms with Crippen LogP contribution in [0.25, 0.3) is 0 Å². The molecule has 1 amide bonds. The molecular formula is C11H8Cl2FN5O. The highest BCUT2D eigenvalue weighted by molar-refractivity contribution is 6.40. The lowest BCUT2D eigenvalue weighted by atomic mass is 10.3. The number of carbonyl (C=O) groups excluding carboxylic acids is 1. The molecule has 2 aromatic rings. The minimum absolute atomic E-state index is 0.0171. The minimum atomic E-state index is -0.601. The summed E-state index contributed by atoms with van der Waals surface area (Å²) >= 11 is 11.6. The number of nitrogens with two attached hydrogens (primary N) is 1. The van der Waals surface area contributed by atoms with E-state index in [0.717, 1.165) is 12.1 Å². The Labute approximate surface area is 123 Å². The van der Waals surface area contributed by atoms with Gasteiger partial charge in [-0.15, -0.1) is 10.2 Å². The first-order chi connectivity index (χ1) is 9.51. The van der Waals surface area contributed by atoms with Crippen LogP contribution in [0.1, 0.15) is 10.5 Å².